The number of carbonyl (C=O) groups is 1. The molecular formula is C21H31N5O3. The first-order valence-electron chi connectivity index (χ1n) is 10.8. The minimum atomic E-state index is 0.169. The van der Waals surface area contributed by atoms with E-state index in [2.05, 4.69) is 44.7 Å². The molecule has 4 aliphatic heterocycles. The van der Waals surface area contributed by atoms with Crippen molar-refractivity contribution in [2.24, 2.45) is 5.92 Å². The average Bonchev–Trinajstić information content (AvgIpc) is 3.38. The molecule has 0 aliphatic carbocycles. The minimum Gasteiger partial charge on any atom is -0.454 e. The predicted molar refractivity (Wildman–Crippen MR) is 109 cm³/mol. The van der Waals surface area contributed by atoms with Gasteiger partial charge in [0.1, 0.15) is 0 Å². The Kier molecular flexibility index (Phi) is 5.34. The van der Waals surface area contributed by atoms with Crippen LogP contribution in [-0.2, 0) is 4.79 Å². The molecule has 5 rings (SSSR count). The summed E-state index contributed by atoms with van der Waals surface area (Å²) in [6.45, 7) is 7.11. The summed E-state index contributed by atoms with van der Waals surface area (Å²) in [5.74, 6) is 2.26. The molecule has 4 aliphatic rings. The standard InChI is InChI=1S/C21H31N5O3/c1-24-8-10-25(11-9-24)6-5-20(27)26-7-4-17-16(13-26)21(23-22-17)15-2-3-18-19(12-15)29-14-28-18/h2-3,12,16-17,21-23H,4-11,13-14H2,1H3. The molecule has 29 heavy (non-hydrogen) atoms. The van der Waals surface area contributed by atoms with Gasteiger partial charge in [-0.15, -0.1) is 0 Å². The van der Waals surface area contributed by atoms with Gasteiger partial charge in [0.25, 0.3) is 0 Å². The highest BCUT2D eigenvalue weighted by atomic mass is 16.7. The van der Waals surface area contributed by atoms with Gasteiger partial charge in [0, 0.05) is 64.2 Å². The third-order valence-electron chi connectivity index (χ3n) is 6.86. The van der Waals surface area contributed by atoms with Gasteiger partial charge in [-0.2, -0.15) is 0 Å². The highest BCUT2D eigenvalue weighted by Crippen LogP contribution is 2.39. The maximum absolute atomic E-state index is 12.9. The summed E-state index contributed by atoms with van der Waals surface area (Å²) in [6, 6.07) is 6.71. The number of likely N-dealkylation sites (N-methyl/N-ethyl adjacent to an activating group) is 1. The van der Waals surface area contributed by atoms with Gasteiger partial charge in [-0.3, -0.25) is 10.2 Å². The Morgan fingerprint density at radius 3 is 2.79 bits per heavy atom. The number of hydrogen-bond acceptors (Lipinski definition) is 7. The van der Waals surface area contributed by atoms with Gasteiger partial charge in [0.05, 0.1) is 6.04 Å². The van der Waals surface area contributed by atoms with Crippen molar-refractivity contribution in [2.45, 2.75) is 24.9 Å². The SMILES string of the molecule is CN1CCN(CCC(=O)N2CCC3NNC(c4ccc5c(c4)OCO5)C3C2)CC1. The summed E-state index contributed by atoms with van der Waals surface area (Å²) >= 11 is 0. The monoisotopic (exact) mass is 401 g/mol. The van der Waals surface area contributed by atoms with E-state index in [0.717, 1.165) is 63.7 Å². The molecule has 158 valence electrons. The van der Waals surface area contributed by atoms with Crippen LogP contribution in [0.3, 0.4) is 0 Å². The molecule has 3 fully saturated rings. The number of amides is 1. The molecule has 2 N–H and O–H groups in total. The van der Waals surface area contributed by atoms with Crippen molar-refractivity contribution in [3.8, 4) is 11.5 Å². The number of hydrogen-bond donors (Lipinski definition) is 2. The molecule has 0 bridgehead atoms. The number of piperidine rings is 1. The van der Waals surface area contributed by atoms with Crippen LogP contribution in [0, 0.1) is 5.92 Å². The van der Waals surface area contributed by atoms with Crippen LogP contribution in [0.4, 0.5) is 0 Å². The molecule has 0 radical (unpaired) electrons. The quantitative estimate of drug-likeness (QED) is 0.758. The molecule has 1 amide bonds. The van der Waals surface area contributed by atoms with E-state index < -0.39 is 0 Å². The minimum absolute atomic E-state index is 0.169. The molecule has 0 spiro atoms. The number of carbonyl (C=O) groups excluding carboxylic acids is 1. The molecule has 3 saturated heterocycles. The zero-order valence-corrected chi connectivity index (χ0v) is 17.1. The van der Waals surface area contributed by atoms with Gasteiger partial charge >= 0.3 is 0 Å². The number of fused-ring (bicyclic) bond motifs is 2. The van der Waals surface area contributed by atoms with Crippen molar-refractivity contribution < 1.29 is 14.3 Å². The van der Waals surface area contributed by atoms with Crippen LogP contribution in [0.15, 0.2) is 18.2 Å². The third kappa shape index (κ3) is 3.94. The molecular weight excluding hydrogens is 370 g/mol. The van der Waals surface area contributed by atoms with Gasteiger partial charge in [0.15, 0.2) is 11.5 Å². The largest absolute Gasteiger partial charge is 0.454 e. The van der Waals surface area contributed by atoms with E-state index in [1.54, 1.807) is 0 Å². The fourth-order valence-corrected chi connectivity index (χ4v) is 4.95. The summed E-state index contributed by atoms with van der Waals surface area (Å²) in [6.07, 6.45) is 1.61. The zero-order valence-electron chi connectivity index (χ0n) is 17.1. The summed E-state index contributed by atoms with van der Waals surface area (Å²) in [4.78, 5) is 19.7. The predicted octanol–water partition coefficient (Wildman–Crippen LogP) is 0.419. The van der Waals surface area contributed by atoms with E-state index in [4.69, 9.17) is 9.47 Å². The van der Waals surface area contributed by atoms with E-state index in [-0.39, 0.29) is 12.8 Å². The van der Waals surface area contributed by atoms with E-state index >= 15 is 0 Å². The lowest BCUT2D eigenvalue weighted by atomic mass is 9.85. The van der Waals surface area contributed by atoms with Gasteiger partial charge in [0.2, 0.25) is 12.7 Å². The Morgan fingerprint density at radius 1 is 1.10 bits per heavy atom. The summed E-state index contributed by atoms with van der Waals surface area (Å²) < 4.78 is 11.0. The second kappa shape index (κ2) is 8.10. The molecule has 8 heteroatoms. The maximum atomic E-state index is 12.9. The first kappa shape index (κ1) is 19.1. The number of hydrazine groups is 1. The Hall–Kier alpha value is -1.87. The number of nitrogens with one attached hydrogen (secondary N) is 2. The maximum Gasteiger partial charge on any atom is 0.231 e. The van der Waals surface area contributed by atoms with Crippen LogP contribution in [0.5, 0.6) is 11.5 Å². The van der Waals surface area contributed by atoms with Gasteiger partial charge < -0.3 is 24.2 Å². The van der Waals surface area contributed by atoms with Gasteiger partial charge in [-0.1, -0.05) is 6.07 Å². The molecule has 3 atom stereocenters. The number of ether oxygens (including phenoxy) is 2. The summed E-state index contributed by atoms with van der Waals surface area (Å²) in [7, 11) is 2.16. The van der Waals surface area contributed by atoms with Crippen LogP contribution in [0.25, 0.3) is 0 Å². The number of rotatable bonds is 4. The molecule has 0 aromatic heterocycles. The Balaban J connectivity index is 1.19. The van der Waals surface area contributed by atoms with Crippen molar-refractivity contribution in [3.63, 3.8) is 0 Å². The Labute approximate surface area is 172 Å². The fourth-order valence-electron chi connectivity index (χ4n) is 4.95. The van der Waals surface area contributed by atoms with Crippen LogP contribution in [-0.4, -0.2) is 86.3 Å². The lowest BCUT2D eigenvalue weighted by Crippen LogP contribution is -2.49. The Morgan fingerprint density at radius 2 is 1.93 bits per heavy atom. The molecule has 1 aromatic rings. The van der Waals surface area contributed by atoms with E-state index in [0.29, 0.717) is 24.3 Å². The molecule has 8 nitrogen and oxygen atoms in total. The number of benzene rings is 1. The average molecular weight is 402 g/mol. The van der Waals surface area contributed by atoms with Crippen LogP contribution >= 0.6 is 0 Å². The number of piperazine rings is 1. The van der Waals surface area contributed by atoms with Crippen molar-refractivity contribution in [1.29, 1.82) is 0 Å². The molecule has 1 aromatic carbocycles. The van der Waals surface area contributed by atoms with Crippen LogP contribution in [0.2, 0.25) is 0 Å². The Bertz CT molecular complexity index is 752. The smallest absolute Gasteiger partial charge is 0.231 e. The highest BCUT2D eigenvalue weighted by molar-refractivity contribution is 5.76. The number of likely N-dealkylation sites (tertiary alicyclic amines) is 1. The van der Waals surface area contributed by atoms with Gasteiger partial charge in [-0.25, -0.2) is 5.43 Å². The topological polar surface area (TPSA) is 69.3 Å². The molecule has 4 heterocycles. The second-order valence-electron chi connectivity index (χ2n) is 8.67. The summed E-state index contributed by atoms with van der Waals surface area (Å²) in [5, 5.41) is 0. The van der Waals surface area contributed by atoms with Gasteiger partial charge in [-0.05, 0) is 31.2 Å². The van der Waals surface area contributed by atoms with Crippen LogP contribution < -0.4 is 20.3 Å². The first-order chi connectivity index (χ1) is 14.2. The normalized spacial score (nSPS) is 29.8. The second-order valence-corrected chi connectivity index (χ2v) is 8.67. The van der Waals surface area contributed by atoms with Crippen molar-refractivity contribution in [2.75, 3.05) is 59.7 Å². The third-order valence-corrected chi connectivity index (χ3v) is 6.86. The van der Waals surface area contributed by atoms with Crippen molar-refractivity contribution in [3.05, 3.63) is 23.8 Å². The van der Waals surface area contributed by atoms with E-state index in [1.165, 1.54) is 5.56 Å². The summed E-state index contributed by atoms with van der Waals surface area (Å²) in [5.41, 5.74) is 8.09. The van der Waals surface area contributed by atoms with Crippen molar-refractivity contribution in [1.82, 2.24) is 25.6 Å². The van der Waals surface area contributed by atoms with Crippen molar-refractivity contribution >= 4 is 5.91 Å². The zero-order chi connectivity index (χ0) is 19.8. The first-order valence-corrected chi connectivity index (χ1v) is 10.8. The lowest BCUT2D eigenvalue weighted by molar-refractivity contribution is -0.133. The molecule has 3 unspecified atom stereocenters. The highest BCUT2D eigenvalue weighted by Gasteiger charge is 2.41. The molecule has 0 saturated carbocycles. The lowest BCUT2D eigenvalue weighted by Gasteiger charge is -2.37. The fraction of sp³-hybridized carbons (Fsp3) is 0.667. The van der Waals surface area contributed by atoms with E-state index in [9.17, 15) is 4.79 Å². The number of nitrogens with zero attached hydrogens (tertiary/aromatic N) is 3. The van der Waals surface area contributed by atoms with Crippen LogP contribution in [0.1, 0.15) is 24.4 Å². The van der Waals surface area contributed by atoms with E-state index in [1.807, 2.05) is 6.07 Å².